The van der Waals surface area contributed by atoms with Crippen LogP contribution >= 0.6 is 0 Å². The van der Waals surface area contributed by atoms with E-state index in [4.69, 9.17) is 5.73 Å². The molecule has 0 spiro atoms. The Bertz CT molecular complexity index is 529. The van der Waals surface area contributed by atoms with Gasteiger partial charge in [-0.1, -0.05) is 0 Å². The molecule has 0 radical (unpaired) electrons. The fourth-order valence-electron chi connectivity index (χ4n) is 1.45. The smallest absolute Gasteiger partial charge is 0.321 e. The lowest BCUT2D eigenvalue weighted by Crippen LogP contribution is -2.13. The summed E-state index contributed by atoms with van der Waals surface area (Å²) in [5, 5.41) is 10.9. The third-order valence-corrected chi connectivity index (χ3v) is 2.34. The molecule has 0 saturated heterocycles. The number of hydrogen-bond donors (Lipinski definition) is 1. The summed E-state index contributed by atoms with van der Waals surface area (Å²) in [6.45, 7) is 1.69. The lowest BCUT2D eigenvalue weighted by molar-refractivity contribution is -0.137. The fourth-order valence-corrected chi connectivity index (χ4v) is 1.45. The molecule has 0 fully saturated rings. The van der Waals surface area contributed by atoms with Gasteiger partial charge in [-0.3, -0.25) is 0 Å². The van der Waals surface area contributed by atoms with Gasteiger partial charge in [0.15, 0.2) is 5.82 Å². The molecule has 0 aliphatic heterocycles. The normalized spacial score (nSPS) is 13.6. The maximum absolute atomic E-state index is 12.4. The number of hydrogen-bond acceptors (Lipinski definition) is 4. The summed E-state index contributed by atoms with van der Waals surface area (Å²) in [5.41, 5.74) is 5.36. The molecule has 18 heavy (non-hydrogen) atoms. The van der Waals surface area contributed by atoms with E-state index in [-0.39, 0.29) is 0 Å². The van der Waals surface area contributed by atoms with Gasteiger partial charge >= 0.3 is 6.18 Å². The molecule has 1 unspecified atom stereocenters. The number of benzene rings is 1. The lowest BCUT2D eigenvalue weighted by Gasteiger charge is -2.09. The molecule has 5 nitrogen and oxygen atoms in total. The number of rotatable bonds is 2. The van der Waals surface area contributed by atoms with Crippen LogP contribution in [-0.2, 0) is 6.18 Å². The molecule has 1 heterocycles. The molecule has 2 rings (SSSR count). The molecule has 1 atom stereocenters. The van der Waals surface area contributed by atoms with Crippen LogP contribution in [0.4, 0.5) is 13.2 Å². The molecule has 8 heteroatoms. The van der Waals surface area contributed by atoms with E-state index >= 15 is 0 Å². The molecule has 0 aliphatic rings. The number of alkyl halides is 3. The minimum absolute atomic E-state index is 0.384. The molecular formula is C10H10F3N5. The predicted molar refractivity (Wildman–Crippen MR) is 56.8 cm³/mol. The first kappa shape index (κ1) is 12.5. The van der Waals surface area contributed by atoms with E-state index in [1.807, 2.05) is 0 Å². The van der Waals surface area contributed by atoms with Crippen LogP contribution in [-0.4, -0.2) is 20.2 Å². The van der Waals surface area contributed by atoms with Crippen molar-refractivity contribution in [2.24, 2.45) is 5.73 Å². The van der Waals surface area contributed by atoms with Gasteiger partial charge in [-0.05, 0) is 41.6 Å². The zero-order chi connectivity index (χ0) is 13.3. The van der Waals surface area contributed by atoms with Crippen molar-refractivity contribution in [3.05, 3.63) is 35.7 Å². The Morgan fingerprint density at radius 1 is 1.22 bits per heavy atom. The minimum Gasteiger partial charge on any atom is -0.321 e. The van der Waals surface area contributed by atoms with E-state index in [0.29, 0.717) is 11.5 Å². The van der Waals surface area contributed by atoms with Crippen molar-refractivity contribution < 1.29 is 13.2 Å². The van der Waals surface area contributed by atoms with Crippen LogP contribution in [0.5, 0.6) is 0 Å². The van der Waals surface area contributed by atoms with Crippen LogP contribution in [0.15, 0.2) is 24.3 Å². The number of nitrogens with two attached hydrogens (primary N) is 1. The second-order valence-corrected chi connectivity index (χ2v) is 3.78. The molecule has 2 N–H and O–H groups in total. The van der Waals surface area contributed by atoms with Crippen molar-refractivity contribution in [1.29, 1.82) is 0 Å². The van der Waals surface area contributed by atoms with Gasteiger partial charge in [0.2, 0.25) is 0 Å². The number of halogens is 3. The predicted octanol–water partition coefficient (Wildman–Crippen LogP) is 1.70. The van der Waals surface area contributed by atoms with Gasteiger partial charge in [0.1, 0.15) is 0 Å². The Hall–Kier alpha value is -1.96. The van der Waals surface area contributed by atoms with Gasteiger partial charge < -0.3 is 5.73 Å². The maximum Gasteiger partial charge on any atom is 0.416 e. The van der Waals surface area contributed by atoms with E-state index in [2.05, 4.69) is 15.5 Å². The summed E-state index contributed by atoms with van der Waals surface area (Å²) in [5.74, 6) is 0.384. The van der Waals surface area contributed by atoms with Crippen molar-refractivity contribution in [2.45, 2.75) is 19.1 Å². The van der Waals surface area contributed by atoms with E-state index < -0.39 is 17.8 Å². The van der Waals surface area contributed by atoms with Crippen LogP contribution in [0.25, 0.3) is 5.69 Å². The Labute approximate surface area is 100 Å². The largest absolute Gasteiger partial charge is 0.416 e. The highest BCUT2D eigenvalue weighted by atomic mass is 19.4. The number of nitrogens with zero attached hydrogens (tertiary/aromatic N) is 4. The van der Waals surface area contributed by atoms with Crippen LogP contribution in [0, 0.1) is 0 Å². The third kappa shape index (κ3) is 2.33. The van der Waals surface area contributed by atoms with E-state index in [0.717, 1.165) is 12.1 Å². The Balaban J connectivity index is 2.38. The van der Waals surface area contributed by atoms with E-state index in [1.54, 1.807) is 6.92 Å². The van der Waals surface area contributed by atoms with Gasteiger partial charge in [-0.25, -0.2) is 0 Å². The second kappa shape index (κ2) is 4.37. The maximum atomic E-state index is 12.4. The standard InChI is InChI=1S/C10H10F3N5/c1-6(14)9-15-16-17-18(9)8-4-2-7(3-5-8)10(11,12)13/h2-6H,14H2,1H3. The Morgan fingerprint density at radius 3 is 2.33 bits per heavy atom. The summed E-state index contributed by atoms with van der Waals surface area (Å²) < 4.78 is 38.5. The lowest BCUT2D eigenvalue weighted by atomic mass is 10.2. The molecule has 96 valence electrons. The molecule has 0 aliphatic carbocycles. The van der Waals surface area contributed by atoms with Crippen LogP contribution in [0.3, 0.4) is 0 Å². The van der Waals surface area contributed by atoms with Crippen molar-refractivity contribution in [1.82, 2.24) is 20.2 Å². The van der Waals surface area contributed by atoms with Gasteiger partial charge in [0, 0.05) is 0 Å². The molecule has 0 saturated carbocycles. The highest BCUT2D eigenvalue weighted by Crippen LogP contribution is 2.29. The zero-order valence-electron chi connectivity index (χ0n) is 9.39. The molecule has 0 bridgehead atoms. The first-order chi connectivity index (χ1) is 8.39. The third-order valence-electron chi connectivity index (χ3n) is 2.34. The molecule has 1 aromatic heterocycles. The van der Waals surface area contributed by atoms with Crippen molar-refractivity contribution in [3.63, 3.8) is 0 Å². The first-order valence-corrected chi connectivity index (χ1v) is 5.11. The van der Waals surface area contributed by atoms with Crippen LogP contribution in [0.2, 0.25) is 0 Å². The fraction of sp³-hybridized carbons (Fsp3) is 0.300. The van der Waals surface area contributed by atoms with E-state index in [9.17, 15) is 13.2 Å². The molecule has 0 amide bonds. The van der Waals surface area contributed by atoms with Gasteiger partial charge in [0.25, 0.3) is 0 Å². The van der Waals surface area contributed by atoms with Crippen molar-refractivity contribution in [3.8, 4) is 5.69 Å². The average molecular weight is 257 g/mol. The zero-order valence-corrected chi connectivity index (χ0v) is 9.39. The quantitative estimate of drug-likeness (QED) is 0.889. The molecular weight excluding hydrogens is 247 g/mol. The minimum atomic E-state index is -4.36. The van der Waals surface area contributed by atoms with Crippen LogP contribution < -0.4 is 5.73 Å². The highest BCUT2D eigenvalue weighted by molar-refractivity contribution is 5.35. The molecule has 2 aromatic rings. The first-order valence-electron chi connectivity index (χ1n) is 5.11. The Morgan fingerprint density at radius 2 is 1.83 bits per heavy atom. The van der Waals surface area contributed by atoms with Crippen LogP contribution in [0.1, 0.15) is 24.4 Å². The summed E-state index contributed by atoms with van der Waals surface area (Å²) in [6.07, 6.45) is -4.36. The highest BCUT2D eigenvalue weighted by Gasteiger charge is 2.30. The number of tetrazole rings is 1. The SMILES string of the molecule is CC(N)c1nnnn1-c1ccc(C(F)(F)F)cc1. The Kier molecular flexibility index (Phi) is 3.04. The van der Waals surface area contributed by atoms with E-state index in [1.165, 1.54) is 16.8 Å². The summed E-state index contributed by atoms with van der Waals surface area (Å²) in [4.78, 5) is 0. The monoisotopic (exact) mass is 257 g/mol. The average Bonchev–Trinajstić information content (AvgIpc) is 2.77. The topological polar surface area (TPSA) is 69.6 Å². The number of aromatic nitrogens is 4. The summed E-state index contributed by atoms with van der Waals surface area (Å²) in [6, 6.07) is 4.13. The summed E-state index contributed by atoms with van der Waals surface area (Å²) in [7, 11) is 0. The summed E-state index contributed by atoms with van der Waals surface area (Å²) >= 11 is 0. The van der Waals surface area contributed by atoms with Gasteiger partial charge in [-0.15, -0.1) is 5.10 Å². The van der Waals surface area contributed by atoms with Gasteiger partial charge in [-0.2, -0.15) is 17.9 Å². The second-order valence-electron chi connectivity index (χ2n) is 3.78. The molecule has 1 aromatic carbocycles. The van der Waals surface area contributed by atoms with Crippen molar-refractivity contribution >= 4 is 0 Å². The van der Waals surface area contributed by atoms with Gasteiger partial charge in [0.05, 0.1) is 17.3 Å². The van der Waals surface area contributed by atoms with Crippen molar-refractivity contribution in [2.75, 3.05) is 0 Å².